The van der Waals surface area contributed by atoms with Gasteiger partial charge in [0.1, 0.15) is 0 Å². The Balaban J connectivity index is 1.76. The molecule has 1 aliphatic rings. The summed E-state index contributed by atoms with van der Waals surface area (Å²) in [6.07, 6.45) is 2.28. The quantitative estimate of drug-likeness (QED) is 0.868. The van der Waals surface area contributed by atoms with Crippen LogP contribution in [0.2, 0.25) is 0 Å². The molecule has 0 bridgehead atoms. The molecule has 1 saturated heterocycles. The van der Waals surface area contributed by atoms with Crippen molar-refractivity contribution in [2.45, 2.75) is 26.2 Å². The fraction of sp³-hybridized carbons (Fsp3) is 0.348. The van der Waals surface area contributed by atoms with Crippen LogP contribution in [0, 0.1) is 17.2 Å². The Morgan fingerprint density at radius 3 is 2.39 bits per heavy atom. The van der Waals surface area contributed by atoms with Crippen LogP contribution in [-0.2, 0) is 4.79 Å². The smallest absolute Gasteiger partial charge is 0.254 e. The van der Waals surface area contributed by atoms with Gasteiger partial charge in [0.25, 0.3) is 5.91 Å². The first-order chi connectivity index (χ1) is 13.7. The minimum absolute atomic E-state index is 0.0230. The van der Waals surface area contributed by atoms with Gasteiger partial charge in [-0.3, -0.25) is 9.59 Å². The summed E-state index contributed by atoms with van der Waals surface area (Å²) in [6, 6.07) is 16.9. The molecule has 5 heteroatoms. The molecule has 1 heterocycles. The van der Waals surface area contributed by atoms with Gasteiger partial charge in [0.2, 0.25) is 5.91 Å². The zero-order chi connectivity index (χ0) is 19.9. The Hall–Kier alpha value is -3.13. The summed E-state index contributed by atoms with van der Waals surface area (Å²) in [5.74, 6) is 0.0261. The summed E-state index contributed by atoms with van der Waals surface area (Å²) in [4.78, 5) is 27.2. The number of likely N-dealkylation sites (tertiary alicyclic amines) is 1. The van der Waals surface area contributed by atoms with E-state index in [9.17, 15) is 14.9 Å². The second kappa shape index (κ2) is 9.18. The lowest BCUT2D eigenvalue weighted by Gasteiger charge is -2.32. The molecule has 28 heavy (non-hydrogen) atoms. The molecule has 1 fully saturated rings. The molecular formula is C23H25N3O2. The number of nitrogens with zero attached hydrogens (tertiary/aromatic N) is 2. The van der Waals surface area contributed by atoms with Crippen molar-refractivity contribution in [2.75, 3.05) is 19.6 Å². The molecule has 0 unspecified atom stereocenters. The predicted molar refractivity (Wildman–Crippen MR) is 109 cm³/mol. The average molecular weight is 375 g/mol. The Bertz CT molecular complexity index is 893. The van der Waals surface area contributed by atoms with Crippen molar-refractivity contribution >= 4 is 11.8 Å². The van der Waals surface area contributed by atoms with Gasteiger partial charge in [-0.25, -0.2) is 0 Å². The van der Waals surface area contributed by atoms with Gasteiger partial charge in [0, 0.05) is 36.7 Å². The van der Waals surface area contributed by atoms with Gasteiger partial charge in [-0.1, -0.05) is 43.3 Å². The second-order valence-corrected chi connectivity index (χ2v) is 7.06. The molecule has 1 aliphatic heterocycles. The largest absolute Gasteiger partial charge is 0.356 e. The number of piperidine rings is 1. The Morgan fingerprint density at radius 2 is 1.71 bits per heavy atom. The van der Waals surface area contributed by atoms with Gasteiger partial charge in [-0.2, -0.15) is 5.26 Å². The van der Waals surface area contributed by atoms with E-state index in [1.807, 2.05) is 54.3 Å². The van der Waals surface area contributed by atoms with Gasteiger partial charge in [0.05, 0.1) is 11.6 Å². The third kappa shape index (κ3) is 4.23. The van der Waals surface area contributed by atoms with Crippen molar-refractivity contribution in [3.8, 4) is 17.2 Å². The highest BCUT2D eigenvalue weighted by molar-refractivity contribution is 6.01. The maximum atomic E-state index is 13.2. The maximum Gasteiger partial charge on any atom is 0.254 e. The number of hydrogen-bond donors (Lipinski definition) is 1. The highest BCUT2D eigenvalue weighted by atomic mass is 16.2. The van der Waals surface area contributed by atoms with E-state index >= 15 is 0 Å². The molecule has 0 aliphatic carbocycles. The van der Waals surface area contributed by atoms with E-state index in [2.05, 4.69) is 11.4 Å². The number of amides is 2. The highest BCUT2D eigenvalue weighted by Gasteiger charge is 2.28. The van der Waals surface area contributed by atoms with Crippen molar-refractivity contribution in [2.24, 2.45) is 5.92 Å². The van der Waals surface area contributed by atoms with Crippen LogP contribution in [0.15, 0.2) is 48.5 Å². The van der Waals surface area contributed by atoms with Crippen LogP contribution in [-0.4, -0.2) is 36.3 Å². The van der Waals surface area contributed by atoms with E-state index in [0.29, 0.717) is 43.6 Å². The van der Waals surface area contributed by atoms with E-state index in [4.69, 9.17) is 0 Å². The monoisotopic (exact) mass is 375 g/mol. The number of nitrogens with one attached hydrogen (secondary N) is 1. The van der Waals surface area contributed by atoms with Gasteiger partial charge < -0.3 is 10.2 Å². The zero-order valence-electron chi connectivity index (χ0n) is 16.1. The van der Waals surface area contributed by atoms with Gasteiger partial charge in [-0.05, 0) is 37.0 Å². The summed E-state index contributed by atoms with van der Waals surface area (Å²) in [7, 11) is 0. The minimum Gasteiger partial charge on any atom is -0.356 e. The first-order valence-corrected chi connectivity index (χ1v) is 9.81. The Labute approximate surface area is 166 Å². The van der Waals surface area contributed by atoms with Crippen LogP contribution in [0.5, 0.6) is 0 Å². The average Bonchev–Trinajstić information content (AvgIpc) is 2.77. The Morgan fingerprint density at radius 1 is 1.07 bits per heavy atom. The zero-order valence-corrected chi connectivity index (χ0v) is 16.1. The predicted octanol–water partition coefficient (Wildman–Crippen LogP) is 3.60. The van der Waals surface area contributed by atoms with Gasteiger partial charge in [-0.15, -0.1) is 0 Å². The summed E-state index contributed by atoms with van der Waals surface area (Å²) < 4.78 is 0. The molecule has 144 valence electrons. The summed E-state index contributed by atoms with van der Waals surface area (Å²) in [6.45, 7) is 3.86. The molecule has 1 N–H and O–H groups in total. The van der Waals surface area contributed by atoms with Crippen LogP contribution in [0.1, 0.15) is 42.1 Å². The molecule has 0 aromatic heterocycles. The molecule has 2 amide bonds. The summed E-state index contributed by atoms with van der Waals surface area (Å²) in [5.41, 5.74) is 2.68. The summed E-state index contributed by atoms with van der Waals surface area (Å²) in [5, 5.41) is 12.4. The normalized spacial score (nSPS) is 14.4. The SMILES string of the molecule is CCCNC(=O)C1CCN(C(=O)c2ccccc2-c2ccccc2C#N)CC1. The molecule has 3 rings (SSSR count). The van der Waals surface area contributed by atoms with Crippen molar-refractivity contribution in [3.05, 3.63) is 59.7 Å². The molecular weight excluding hydrogens is 350 g/mol. The van der Waals surface area contributed by atoms with Crippen molar-refractivity contribution in [1.29, 1.82) is 5.26 Å². The third-order valence-corrected chi connectivity index (χ3v) is 5.20. The highest BCUT2D eigenvalue weighted by Crippen LogP contribution is 2.29. The molecule has 5 nitrogen and oxygen atoms in total. The summed E-state index contributed by atoms with van der Waals surface area (Å²) >= 11 is 0. The topological polar surface area (TPSA) is 73.2 Å². The van der Waals surface area contributed by atoms with Crippen molar-refractivity contribution in [1.82, 2.24) is 10.2 Å². The van der Waals surface area contributed by atoms with E-state index in [-0.39, 0.29) is 17.7 Å². The molecule has 0 saturated carbocycles. The van der Waals surface area contributed by atoms with E-state index < -0.39 is 0 Å². The van der Waals surface area contributed by atoms with Gasteiger partial charge >= 0.3 is 0 Å². The second-order valence-electron chi connectivity index (χ2n) is 7.06. The van der Waals surface area contributed by atoms with E-state index in [1.54, 1.807) is 6.07 Å². The number of carbonyl (C=O) groups is 2. The number of hydrogen-bond acceptors (Lipinski definition) is 3. The Kier molecular flexibility index (Phi) is 6.44. The first kappa shape index (κ1) is 19.6. The van der Waals surface area contributed by atoms with E-state index in [1.165, 1.54) is 0 Å². The van der Waals surface area contributed by atoms with Crippen LogP contribution in [0.4, 0.5) is 0 Å². The van der Waals surface area contributed by atoms with Crippen LogP contribution in [0.25, 0.3) is 11.1 Å². The van der Waals surface area contributed by atoms with Crippen molar-refractivity contribution in [3.63, 3.8) is 0 Å². The molecule has 0 spiro atoms. The molecule has 0 radical (unpaired) electrons. The fourth-order valence-corrected chi connectivity index (χ4v) is 3.63. The lowest BCUT2D eigenvalue weighted by molar-refractivity contribution is -0.126. The lowest BCUT2D eigenvalue weighted by atomic mass is 9.93. The van der Waals surface area contributed by atoms with E-state index in [0.717, 1.165) is 17.5 Å². The van der Waals surface area contributed by atoms with Crippen LogP contribution >= 0.6 is 0 Å². The number of rotatable bonds is 5. The number of carbonyl (C=O) groups excluding carboxylic acids is 2. The van der Waals surface area contributed by atoms with Crippen molar-refractivity contribution < 1.29 is 9.59 Å². The first-order valence-electron chi connectivity index (χ1n) is 9.81. The number of benzene rings is 2. The minimum atomic E-state index is -0.0456. The maximum absolute atomic E-state index is 13.2. The fourth-order valence-electron chi connectivity index (χ4n) is 3.63. The third-order valence-electron chi connectivity index (χ3n) is 5.20. The molecule has 2 aromatic rings. The van der Waals surface area contributed by atoms with Crippen LogP contribution < -0.4 is 5.32 Å². The van der Waals surface area contributed by atoms with Crippen LogP contribution in [0.3, 0.4) is 0 Å². The standard InChI is InChI=1S/C23H25N3O2/c1-2-13-25-22(27)17-11-14-26(15-12-17)23(28)21-10-6-5-9-20(21)19-8-4-3-7-18(19)16-24/h3-10,17H,2,11-15H2,1H3,(H,25,27). The van der Waals surface area contributed by atoms with Gasteiger partial charge in [0.15, 0.2) is 0 Å². The molecule has 2 aromatic carbocycles. The number of nitriles is 1. The molecule has 0 atom stereocenters. The lowest BCUT2D eigenvalue weighted by Crippen LogP contribution is -2.43.